The number of rotatable bonds is 1. The molecule has 0 bridgehead atoms. The Morgan fingerprint density at radius 1 is 0.826 bits per heavy atom. The molecule has 0 saturated carbocycles. The summed E-state index contributed by atoms with van der Waals surface area (Å²) in [7, 11) is 0. The molecule has 3 aromatic heterocycles. The van der Waals surface area contributed by atoms with Crippen molar-refractivity contribution in [2.75, 3.05) is 0 Å². The average Bonchev–Trinajstić information content (AvgIpc) is 3.05. The van der Waals surface area contributed by atoms with Gasteiger partial charge in [-0.05, 0) is 0 Å². The van der Waals surface area contributed by atoms with Crippen LogP contribution in [0.3, 0.4) is 0 Å². The smallest absolute Gasteiger partial charge is 0.308 e. The van der Waals surface area contributed by atoms with Gasteiger partial charge >= 0.3 is 5.97 Å². The molecule has 5 aromatic rings. The van der Waals surface area contributed by atoms with Gasteiger partial charge in [0.05, 0.1) is 16.6 Å². The summed E-state index contributed by atoms with van der Waals surface area (Å²) in [5.74, 6) is 0.287. The fourth-order valence-electron chi connectivity index (χ4n) is 3.64. The second kappa shape index (κ2) is 4.23. The molecule has 3 nitrogen and oxygen atoms in total. The highest BCUT2D eigenvalue weighted by molar-refractivity contribution is 6.23. The number of hydrogen-bond donors (Lipinski definition) is 0. The van der Waals surface area contributed by atoms with Crippen molar-refractivity contribution in [2.24, 2.45) is 0 Å². The zero-order valence-corrected chi connectivity index (χ0v) is 12.5. The highest BCUT2D eigenvalue weighted by Crippen LogP contribution is 2.40. The van der Waals surface area contributed by atoms with Crippen LogP contribution in [-0.2, 0) is 4.79 Å². The molecule has 0 unspecified atom stereocenters. The van der Waals surface area contributed by atoms with Crippen molar-refractivity contribution in [3.05, 3.63) is 60.7 Å². The largest absolute Gasteiger partial charge is 0.427 e. The third-order valence-corrected chi connectivity index (χ3v) is 4.44. The second-order valence-electron chi connectivity index (χ2n) is 5.83. The number of ether oxygens (including phenoxy) is 1. The third-order valence-electron chi connectivity index (χ3n) is 4.44. The van der Waals surface area contributed by atoms with E-state index in [4.69, 9.17) is 4.74 Å². The second-order valence-corrected chi connectivity index (χ2v) is 5.83. The van der Waals surface area contributed by atoms with E-state index >= 15 is 0 Å². The molecule has 5 rings (SSSR count). The standard InChI is InChI=1S/C20H13NO2/c1-12(22)23-13-10-18-14-6-2-4-8-16(14)20-17-9-5-3-7-15(17)19(11-13)21(18)20/h2-11H,1H3. The van der Waals surface area contributed by atoms with E-state index in [0.29, 0.717) is 5.75 Å². The van der Waals surface area contributed by atoms with Crippen LogP contribution in [0.1, 0.15) is 6.92 Å². The first-order chi connectivity index (χ1) is 11.2. The molecule has 0 aliphatic carbocycles. The van der Waals surface area contributed by atoms with Gasteiger partial charge in [0.1, 0.15) is 5.75 Å². The summed E-state index contributed by atoms with van der Waals surface area (Å²) in [6, 6.07) is 20.6. The zero-order valence-electron chi connectivity index (χ0n) is 12.5. The van der Waals surface area contributed by atoms with E-state index in [9.17, 15) is 4.79 Å². The van der Waals surface area contributed by atoms with Gasteiger partial charge in [-0.2, -0.15) is 0 Å². The minimum absolute atomic E-state index is 0.302. The molecule has 0 saturated heterocycles. The molecule has 110 valence electrons. The molecule has 2 aromatic carbocycles. The monoisotopic (exact) mass is 299 g/mol. The molecule has 0 radical (unpaired) electrons. The number of hydrogen-bond acceptors (Lipinski definition) is 2. The lowest BCUT2D eigenvalue weighted by Gasteiger charge is -2.04. The van der Waals surface area contributed by atoms with E-state index in [1.54, 1.807) is 0 Å². The zero-order chi connectivity index (χ0) is 15.6. The number of carbonyl (C=O) groups excluding carboxylic acids is 1. The first-order valence-electron chi connectivity index (χ1n) is 7.59. The van der Waals surface area contributed by atoms with Crippen molar-refractivity contribution in [3.8, 4) is 5.75 Å². The normalized spacial score (nSPS) is 11.9. The van der Waals surface area contributed by atoms with Crippen molar-refractivity contribution in [2.45, 2.75) is 6.92 Å². The van der Waals surface area contributed by atoms with Crippen molar-refractivity contribution in [1.29, 1.82) is 0 Å². The molecule has 3 heterocycles. The minimum Gasteiger partial charge on any atom is -0.427 e. The van der Waals surface area contributed by atoms with Gasteiger partial charge in [0, 0.05) is 40.6 Å². The summed E-state index contributed by atoms with van der Waals surface area (Å²) in [5, 5.41) is 4.79. The molecular weight excluding hydrogens is 286 g/mol. The van der Waals surface area contributed by atoms with Crippen LogP contribution in [0.2, 0.25) is 0 Å². The molecular formula is C20H13NO2. The molecule has 23 heavy (non-hydrogen) atoms. The number of carbonyl (C=O) groups is 1. The fourth-order valence-corrected chi connectivity index (χ4v) is 3.64. The van der Waals surface area contributed by atoms with Crippen LogP contribution >= 0.6 is 0 Å². The van der Waals surface area contributed by atoms with Crippen molar-refractivity contribution >= 4 is 44.1 Å². The number of nitrogens with zero attached hydrogens (tertiary/aromatic N) is 1. The van der Waals surface area contributed by atoms with Crippen LogP contribution in [0.25, 0.3) is 38.1 Å². The minimum atomic E-state index is -0.302. The highest BCUT2D eigenvalue weighted by atomic mass is 16.5. The first-order valence-corrected chi connectivity index (χ1v) is 7.59. The van der Waals surface area contributed by atoms with Gasteiger partial charge in [-0.3, -0.25) is 4.79 Å². The Kier molecular flexibility index (Phi) is 2.29. The van der Waals surface area contributed by atoms with Crippen molar-refractivity contribution in [1.82, 2.24) is 4.40 Å². The van der Waals surface area contributed by atoms with Crippen molar-refractivity contribution in [3.63, 3.8) is 0 Å². The van der Waals surface area contributed by atoms with E-state index < -0.39 is 0 Å². The van der Waals surface area contributed by atoms with E-state index in [-0.39, 0.29) is 5.97 Å². The molecule has 0 spiro atoms. The molecule has 0 amide bonds. The Balaban J connectivity index is 2.10. The van der Waals surface area contributed by atoms with E-state index in [0.717, 1.165) is 11.0 Å². The summed E-state index contributed by atoms with van der Waals surface area (Å²) in [4.78, 5) is 11.4. The van der Waals surface area contributed by atoms with Crippen LogP contribution in [-0.4, -0.2) is 10.4 Å². The van der Waals surface area contributed by atoms with Gasteiger partial charge in [0.25, 0.3) is 0 Å². The van der Waals surface area contributed by atoms with Gasteiger partial charge in [-0.15, -0.1) is 0 Å². The number of fused-ring (bicyclic) bond motifs is 6. The van der Waals surface area contributed by atoms with Gasteiger partial charge in [0.2, 0.25) is 0 Å². The number of aromatic nitrogens is 1. The Bertz CT molecular complexity index is 1130. The third kappa shape index (κ3) is 1.56. The van der Waals surface area contributed by atoms with Crippen LogP contribution in [0, 0.1) is 0 Å². The van der Waals surface area contributed by atoms with Crippen LogP contribution in [0.15, 0.2) is 60.7 Å². The van der Waals surface area contributed by atoms with Gasteiger partial charge < -0.3 is 9.14 Å². The van der Waals surface area contributed by atoms with E-state index in [1.165, 1.54) is 34.0 Å². The summed E-state index contributed by atoms with van der Waals surface area (Å²) >= 11 is 0. The number of esters is 1. The predicted molar refractivity (Wildman–Crippen MR) is 92.4 cm³/mol. The summed E-state index contributed by atoms with van der Waals surface area (Å²) in [6.45, 7) is 1.43. The predicted octanol–water partition coefficient (Wildman–Crippen LogP) is 4.76. The van der Waals surface area contributed by atoms with Gasteiger partial charge in [0.15, 0.2) is 0 Å². The Labute approximate surface area is 132 Å². The number of pyridine rings is 1. The first kappa shape index (κ1) is 12.5. The maximum absolute atomic E-state index is 11.4. The SMILES string of the molecule is CC(=O)Oc1cc2c3ccccc3c3c4ccccc4c(c1)n23. The molecule has 0 N–H and O–H groups in total. The summed E-state index contributed by atoms with van der Waals surface area (Å²) < 4.78 is 7.64. The maximum atomic E-state index is 11.4. The maximum Gasteiger partial charge on any atom is 0.308 e. The van der Waals surface area contributed by atoms with Crippen LogP contribution in [0.5, 0.6) is 5.75 Å². The Morgan fingerprint density at radius 2 is 1.30 bits per heavy atom. The van der Waals surface area contributed by atoms with E-state index in [1.807, 2.05) is 24.3 Å². The Hall–Kier alpha value is -3.07. The van der Waals surface area contributed by atoms with Crippen LogP contribution in [0.4, 0.5) is 0 Å². The summed E-state index contributed by atoms with van der Waals surface area (Å²) in [5.41, 5.74) is 3.36. The van der Waals surface area contributed by atoms with Crippen LogP contribution < -0.4 is 4.74 Å². The molecule has 0 fully saturated rings. The lowest BCUT2D eigenvalue weighted by Crippen LogP contribution is -2.01. The molecule has 0 aliphatic heterocycles. The lowest BCUT2D eigenvalue weighted by atomic mass is 10.1. The molecule has 0 aliphatic rings. The van der Waals surface area contributed by atoms with Crippen molar-refractivity contribution < 1.29 is 9.53 Å². The van der Waals surface area contributed by atoms with E-state index in [2.05, 4.69) is 40.8 Å². The molecule has 0 atom stereocenters. The highest BCUT2D eigenvalue weighted by Gasteiger charge is 2.18. The lowest BCUT2D eigenvalue weighted by molar-refractivity contribution is -0.131. The topological polar surface area (TPSA) is 30.7 Å². The average molecular weight is 299 g/mol. The molecule has 3 heteroatoms. The fraction of sp³-hybridized carbons (Fsp3) is 0.0500. The van der Waals surface area contributed by atoms with Gasteiger partial charge in [-0.25, -0.2) is 0 Å². The number of benzene rings is 2. The quantitative estimate of drug-likeness (QED) is 0.418. The summed E-state index contributed by atoms with van der Waals surface area (Å²) in [6.07, 6.45) is 0. The Morgan fingerprint density at radius 3 is 1.78 bits per heavy atom. The van der Waals surface area contributed by atoms with Gasteiger partial charge in [-0.1, -0.05) is 48.5 Å².